The van der Waals surface area contributed by atoms with Gasteiger partial charge in [-0.25, -0.2) is 13.4 Å². The number of nitrogens with zero attached hydrogens (tertiary/aromatic N) is 2. The molecule has 0 atom stereocenters. The molecule has 0 fully saturated rings. The fourth-order valence-electron chi connectivity index (χ4n) is 2.11. The van der Waals surface area contributed by atoms with Crippen molar-refractivity contribution in [3.8, 4) is 0 Å². The molecular weight excluding hydrogens is 404 g/mol. The fourth-order valence-corrected chi connectivity index (χ4v) is 2.96. The zero-order chi connectivity index (χ0) is 20.6. The summed E-state index contributed by atoms with van der Waals surface area (Å²) < 4.78 is 23.3. The van der Waals surface area contributed by atoms with Crippen LogP contribution in [0, 0.1) is 5.41 Å². The van der Waals surface area contributed by atoms with Crippen molar-refractivity contribution in [2.24, 2.45) is 0 Å². The number of nitrogens with one attached hydrogen (secondary N) is 4. The molecule has 11 heteroatoms. The van der Waals surface area contributed by atoms with Crippen molar-refractivity contribution in [3.63, 3.8) is 0 Å². The zero-order valence-electron chi connectivity index (χ0n) is 15.1. The Morgan fingerprint density at radius 2 is 2.18 bits per heavy atom. The second-order valence-corrected chi connectivity index (χ2v) is 8.13. The molecule has 9 nitrogen and oxygen atoms in total. The van der Waals surface area contributed by atoms with Crippen molar-refractivity contribution in [2.75, 3.05) is 30.0 Å². The van der Waals surface area contributed by atoms with Gasteiger partial charge in [-0.2, -0.15) is 4.98 Å². The Labute approximate surface area is 168 Å². The van der Waals surface area contributed by atoms with Crippen molar-refractivity contribution < 1.29 is 13.5 Å². The summed E-state index contributed by atoms with van der Waals surface area (Å²) in [5.41, 5.74) is 1.14. The van der Waals surface area contributed by atoms with Gasteiger partial charge in [-0.15, -0.1) is 0 Å². The number of benzene rings is 1. The van der Waals surface area contributed by atoms with Crippen LogP contribution in [0.15, 0.2) is 47.3 Å². The Balaban J connectivity index is 2.11. The summed E-state index contributed by atoms with van der Waals surface area (Å²) in [4.78, 5) is 8.57. The number of aromatic nitrogens is 2. The first kappa shape index (κ1) is 21.6. The number of aliphatic hydroxyl groups is 1. The van der Waals surface area contributed by atoms with E-state index in [0.29, 0.717) is 29.6 Å². The number of sulfone groups is 1. The minimum atomic E-state index is -3.29. The third-order valence-electron chi connectivity index (χ3n) is 3.46. The maximum atomic E-state index is 11.7. The molecule has 0 saturated carbocycles. The largest absolute Gasteiger partial charge is 0.395 e. The van der Waals surface area contributed by atoms with Gasteiger partial charge in [-0.05, 0) is 17.7 Å². The molecule has 0 unspecified atom stereocenters. The highest BCUT2D eigenvalue weighted by molar-refractivity contribution is 7.90. The van der Waals surface area contributed by atoms with E-state index in [2.05, 4.69) is 25.9 Å². The van der Waals surface area contributed by atoms with Crippen LogP contribution < -0.4 is 16.0 Å². The molecule has 0 spiro atoms. The van der Waals surface area contributed by atoms with Gasteiger partial charge in [0.2, 0.25) is 5.95 Å². The quantitative estimate of drug-likeness (QED) is 0.286. The molecule has 0 aliphatic carbocycles. The number of anilines is 2. The Morgan fingerprint density at radius 3 is 2.86 bits per heavy atom. The Bertz CT molecular complexity index is 965. The lowest BCUT2D eigenvalue weighted by atomic mass is 10.2. The number of hydrogen-bond acceptors (Lipinski definition) is 9. The first-order valence-electron chi connectivity index (χ1n) is 8.21. The normalized spacial score (nSPS) is 11.8. The highest BCUT2D eigenvalue weighted by Gasteiger charge is 2.09. The third-order valence-corrected chi connectivity index (χ3v) is 4.84. The van der Waals surface area contributed by atoms with Crippen molar-refractivity contribution in [2.45, 2.75) is 11.4 Å². The molecule has 28 heavy (non-hydrogen) atoms. The van der Waals surface area contributed by atoms with E-state index in [1.165, 1.54) is 18.5 Å². The summed E-state index contributed by atoms with van der Waals surface area (Å²) >= 11 is 6.13. The number of allylic oxidation sites excluding steroid dienone is 1. The van der Waals surface area contributed by atoms with Gasteiger partial charge in [0.05, 0.1) is 23.4 Å². The van der Waals surface area contributed by atoms with E-state index in [0.717, 1.165) is 18.0 Å². The van der Waals surface area contributed by atoms with Gasteiger partial charge in [-0.1, -0.05) is 23.7 Å². The minimum absolute atomic E-state index is 0.0339. The van der Waals surface area contributed by atoms with Crippen LogP contribution in [0.2, 0.25) is 5.02 Å². The predicted molar refractivity (Wildman–Crippen MR) is 109 cm³/mol. The summed E-state index contributed by atoms with van der Waals surface area (Å²) in [6.07, 6.45) is 5.16. The van der Waals surface area contributed by atoms with E-state index in [9.17, 15) is 8.42 Å². The molecule has 0 amide bonds. The molecule has 0 bridgehead atoms. The van der Waals surface area contributed by atoms with Crippen LogP contribution >= 0.6 is 11.6 Å². The van der Waals surface area contributed by atoms with E-state index in [-0.39, 0.29) is 17.5 Å². The van der Waals surface area contributed by atoms with Crippen LogP contribution in [0.1, 0.15) is 5.56 Å². The summed E-state index contributed by atoms with van der Waals surface area (Å²) in [7, 11) is -3.29. The van der Waals surface area contributed by atoms with Crippen LogP contribution in [-0.2, 0) is 16.4 Å². The molecule has 1 aromatic carbocycles. The molecule has 1 aromatic heterocycles. The maximum absolute atomic E-state index is 11.7. The van der Waals surface area contributed by atoms with Crippen LogP contribution in [0.3, 0.4) is 0 Å². The van der Waals surface area contributed by atoms with Crippen LogP contribution in [0.5, 0.6) is 0 Å². The van der Waals surface area contributed by atoms with Crippen molar-refractivity contribution in [3.05, 3.63) is 52.9 Å². The van der Waals surface area contributed by atoms with Crippen molar-refractivity contribution in [1.82, 2.24) is 15.3 Å². The van der Waals surface area contributed by atoms with Crippen molar-refractivity contribution in [1.29, 1.82) is 5.41 Å². The lowest BCUT2D eigenvalue weighted by Crippen LogP contribution is -2.15. The Morgan fingerprint density at radius 1 is 1.39 bits per heavy atom. The number of halogens is 1. The first-order chi connectivity index (χ1) is 13.3. The van der Waals surface area contributed by atoms with E-state index in [4.69, 9.17) is 22.1 Å². The van der Waals surface area contributed by atoms with Crippen LogP contribution in [0.4, 0.5) is 11.8 Å². The third kappa shape index (κ3) is 6.48. The molecule has 0 saturated heterocycles. The van der Waals surface area contributed by atoms with Crippen LogP contribution in [-0.4, -0.2) is 49.1 Å². The van der Waals surface area contributed by atoms with Gasteiger partial charge in [0, 0.05) is 31.8 Å². The van der Waals surface area contributed by atoms with E-state index in [1.54, 1.807) is 18.2 Å². The number of rotatable bonds is 10. The summed E-state index contributed by atoms with van der Waals surface area (Å²) in [6.45, 7) is 0.624. The van der Waals surface area contributed by atoms with Gasteiger partial charge >= 0.3 is 0 Å². The average Bonchev–Trinajstić information content (AvgIpc) is 2.67. The van der Waals surface area contributed by atoms with Gasteiger partial charge in [0.15, 0.2) is 15.7 Å². The van der Waals surface area contributed by atoms with Gasteiger partial charge in [0.25, 0.3) is 0 Å². The lowest BCUT2D eigenvalue weighted by Gasteiger charge is -2.11. The highest BCUT2D eigenvalue weighted by atomic mass is 35.5. The average molecular weight is 425 g/mol. The molecule has 1 heterocycles. The van der Waals surface area contributed by atoms with E-state index < -0.39 is 9.84 Å². The molecule has 5 N–H and O–H groups in total. The van der Waals surface area contributed by atoms with Gasteiger partial charge in [-0.3, -0.25) is 0 Å². The summed E-state index contributed by atoms with van der Waals surface area (Å²) in [6, 6.07) is 6.58. The van der Waals surface area contributed by atoms with E-state index >= 15 is 0 Å². The molecule has 0 radical (unpaired) electrons. The molecule has 0 aliphatic heterocycles. The Kier molecular flexibility index (Phi) is 7.73. The molecule has 0 aliphatic rings. The standard InChI is InChI=1S/C17H21ClN6O3S/c1-28(26,27)14-4-2-3-12(7-14)9-21-16-15(18)11-22-17(24-16)23-13(8-19)10-20-5-6-25/h2-4,7-8,10-11,19-20,25H,5-6,9H2,1H3,(H2,21,22,23,24)/b13-10+,19-8?. The van der Waals surface area contributed by atoms with E-state index in [1.807, 2.05) is 0 Å². The first-order valence-corrected chi connectivity index (χ1v) is 10.5. The second kappa shape index (κ2) is 10.0. The minimum Gasteiger partial charge on any atom is -0.395 e. The SMILES string of the molecule is CS(=O)(=O)c1cccc(CNc2nc(N/C(C=N)=C/NCCO)ncc2Cl)c1. The fraction of sp³-hybridized carbons (Fsp3) is 0.235. The highest BCUT2D eigenvalue weighted by Crippen LogP contribution is 2.21. The Hall–Kier alpha value is -2.69. The van der Waals surface area contributed by atoms with Crippen molar-refractivity contribution >= 4 is 39.4 Å². The molecule has 2 rings (SSSR count). The molecule has 2 aromatic rings. The van der Waals surface area contributed by atoms with Crippen LogP contribution in [0.25, 0.3) is 0 Å². The predicted octanol–water partition coefficient (Wildman–Crippen LogP) is 1.63. The topological polar surface area (TPSA) is 140 Å². The second-order valence-electron chi connectivity index (χ2n) is 5.71. The maximum Gasteiger partial charge on any atom is 0.229 e. The van der Waals surface area contributed by atoms with Gasteiger partial charge in [0.1, 0.15) is 5.02 Å². The zero-order valence-corrected chi connectivity index (χ0v) is 16.7. The molecular formula is C17H21ClN6O3S. The number of hydrogen-bond donors (Lipinski definition) is 5. The summed E-state index contributed by atoms with van der Waals surface area (Å²) in [5.74, 6) is 0.578. The van der Waals surface area contributed by atoms with Gasteiger partial charge < -0.3 is 26.5 Å². The number of aliphatic hydroxyl groups excluding tert-OH is 1. The summed E-state index contributed by atoms with van der Waals surface area (Å²) in [5, 5.41) is 25.2. The lowest BCUT2D eigenvalue weighted by molar-refractivity contribution is 0.298. The monoisotopic (exact) mass is 424 g/mol. The molecule has 150 valence electrons. The smallest absolute Gasteiger partial charge is 0.229 e.